The lowest BCUT2D eigenvalue weighted by Gasteiger charge is -2.24. The maximum atomic E-state index is 11.8. The molecule has 1 rings (SSSR count). The van der Waals surface area contributed by atoms with Crippen LogP contribution in [0.2, 0.25) is 0 Å². The van der Waals surface area contributed by atoms with Crippen molar-refractivity contribution in [1.29, 1.82) is 0 Å². The van der Waals surface area contributed by atoms with E-state index in [0.29, 0.717) is 12.8 Å². The zero-order valence-electron chi connectivity index (χ0n) is 8.79. The van der Waals surface area contributed by atoms with E-state index >= 15 is 0 Å². The van der Waals surface area contributed by atoms with Gasteiger partial charge < -0.3 is 16.3 Å². The van der Waals surface area contributed by atoms with Crippen molar-refractivity contribution in [2.24, 2.45) is 16.3 Å². The Morgan fingerprint density at radius 1 is 1.50 bits per heavy atom. The molecule has 1 amide bonds. The third kappa shape index (κ3) is 1.97. The molecule has 5 heteroatoms. The second kappa shape index (κ2) is 3.15. The van der Waals surface area contributed by atoms with Crippen LogP contribution < -0.4 is 11.1 Å². The zero-order chi connectivity index (χ0) is 11.0. The average molecular weight is 199 g/mol. The number of oxime groups is 1. The molecule has 5 nitrogen and oxygen atoms in total. The highest BCUT2D eigenvalue weighted by atomic mass is 16.4. The summed E-state index contributed by atoms with van der Waals surface area (Å²) in [6, 6.07) is 0. The fraction of sp³-hybridized carbons (Fsp3) is 0.778. The van der Waals surface area contributed by atoms with Crippen LogP contribution in [0.15, 0.2) is 5.16 Å². The molecule has 4 N–H and O–H groups in total. The van der Waals surface area contributed by atoms with Crippen LogP contribution in [0.1, 0.15) is 33.6 Å². The van der Waals surface area contributed by atoms with Gasteiger partial charge in [-0.2, -0.15) is 0 Å². The number of hydrogen-bond donors (Lipinski definition) is 3. The summed E-state index contributed by atoms with van der Waals surface area (Å²) < 4.78 is 0. The molecular weight excluding hydrogens is 182 g/mol. The number of amides is 1. The van der Waals surface area contributed by atoms with E-state index in [1.807, 2.05) is 20.8 Å². The Bertz CT molecular complexity index is 274. The fourth-order valence-corrected chi connectivity index (χ4v) is 1.28. The third-order valence-corrected chi connectivity index (χ3v) is 2.27. The quantitative estimate of drug-likeness (QED) is 0.261. The Morgan fingerprint density at radius 2 is 2.00 bits per heavy atom. The van der Waals surface area contributed by atoms with Crippen LogP contribution in [0.5, 0.6) is 0 Å². The maximum Gasteiger partial charge on any atom is 0.234 e. The lowest BCUT2D eigenvalue weighted by Crippen LogP contribution is -2.48. The fourth-order valence-electron chi connectivity index (χ4n) is 1.28. The average Bonchev–Trinajstić information content (AvgIpc) is 2.80. The topological polar surface area (TPSA) is 87.7 Å². The Morgan fingerprint density at radius 3 is 2.29 bits per heavy atom. The van der Waals surface area contributed by atoms with Crippen LogP contribution in [0.4, 0.5) is 0 Å². The molecule has 1 saturated carbocycles. The lowest BCUT2D eigenvalue weighted by molar-refractivity contribution is -0.125. The first-order valence-corrected chi connectivity index (χ1v) is 4.62. The number of hydrogen-bond acceptors (Lipinski definition) is 3. The maximum absolute atomic E-state index is 11.8. The van der Waals surface area contributed by atoms with Gasteiger partial charge in [-0.25, -0.2) is 0 Å². The number of nitrogens with one attached hydrogen (secondary N) is 1. The van der Waals surface area contributed by atoms with Gasteiger partial charge in [-0.1, -0.05) is 5.16 Å². The summed E-state index contributed by atoms with van der Waals surface area (Å²) in [7, 11) is 0. The molecule has 0 radical (unpaired) electrons. The molecule has 0 aromatic heterocycles. The van der Waals surface area contributed by atoms with E-state index in [1.165, 1.54) is 0 Å². The van der Waals surface area contributed by atoms with Crippen LogP contribution >= 0.6 is 0 Å². The summed E-state index contributed by atoms with van der Waals surface area (Å²) in [5.41, 5.74) is 4.43. The van der Waals surface area contributed by atoms with Crippen LogP contribution in [-0.4, -0.2) is 22.5 Å². The Labute approximate surface area is 83.3 Å². The zero-order valence-corrected chi connectivity index (χ0v) is 8.79. The number of carbonyl (C=O) groups excluding carboxylic acids is 1. The molecule has 0 saturated heterocycles. The van der Waals surface area contributed by atoms with Gasteiger partial charge in [0.1, 0.15) is 5.41 Å². The van der Waals surface area contributed by atoms with Gasteiger partial charge >= 0.3 is 0 Å². The minimum absolute atomic E-state index is 0.0132. The van der Waals surface area contributed by atoms with Gasteiger partial charge in [0, 0.05) is 5.54 Å². The first-order valence-electron chi connectivity index (χ1n) is 4.62. The molecule has 1 aliphatic carbocycles. The van der Waals surface area contributed by atoms with Gasteiger partial charge in [0.15, 0.2) is 5.84 Å². The Kier molecular flexibility index (Phi) is 2.43. The first kappa shape index (κ1) is 10.8. The summed E-state index contributed by atoms with van der Waals surface area (Å²) in [6.45, 7) is 5.69. The predicted octanol–water partition coefficient (Wildman–Crippen LogP) is 0.428. The van der Waals surface area contributed by atoms with E-state index < -0.39 is 5.41 Å². The number of carbonyl (C=O) groups is 1. The van der Waals surface area contributed by atoms with Crippen LogP contribution in [0.25, 0.3) is 0 Å². The van der Waals surface area contributed by atoms with Gasteiger partial charge in [-0.3, -0.25) is 4.79 Å². The second-order valence-electron chi connectivity index (χ2n) is 4.77. The summed E-state index contributed by atoms with van der Waals surface area (Å²) in [5.74, 6) is -0.139. The number of rotatable bonds is 2. The summed E-state index contributed by atoms with van der Waals surface area (Å²) in [5, 5.41) is 14.3. The van der Waals surface area contributed by atoms with Crippen molar-refractivity contribution in [2.45, 2.75) is 39.2 Å². The van der Waals surface area contributed by atoms with E-state index in [1.54, 1.807) is 0 Å². The molecule has 0 unspecified atom stereocenters. The first-order chi connectivity index (χ1) is 6.32. The van der Waals surface area contributed by atoms with E-state index in [4.69, 9.17) is 10.9 Å². The van der Waals surface area contributed by atoms with Crippen molar-refractivity contribution in [3.05, 3.63) is 0 Å². The molecule has 0 spiro atoms. The summed E-state index contributed by atoms with van der Waals surface area (Å²) in [6.07, 6.45) is 1.32. The summed E-state index contributed by atoms with van der Waals surface area (Å²) in [4.78, 5) is 11.8. The van der Waals surface area contributed by atoms with Crippen molar-refractivity contribution in [3.63, 3.8) is 0 Å². The van der Waals surface area contributed by atoms with Gasteiger partial charge in [-0.05, 0) is 33.6 Å². The van der Waals surface area contributed by atoms with E-state index in [2.05, 4.69) is 10.5 Å². The molecule has 0 aromatic rings. The molecule has 0 bridgehead atoms. The van der Waals surface area contributed by atoms with Gasteiger partial charge in [0.05, 0.1) is 0 Å². The normalized spacial score (nSPS) is 20.4. The highest BCUT2D eigenvalue weighted by molar-refractivity contribution is 6.09. The van der Waals surface area contributed by atoms with Crippen molar-refractivity contribution >= 4 is 11.7 Å². The van der Waals surface area contributed by atoms with Gasteiger partial charge in [-0.15, -0.1) is 0 Å². The summed E-state index contributed by atoms with van der Waals surface area (Å²) >= 11 is 0. The Balaban J connectivity index is 2.71. The largest absolute Gasteiger partial charge is 0.409 e. The third-order valence-electron chi connectivity index (χ3n) is 2.27. The number of nitrogens with two attached hydrogens (primary N) is 1. The van der Waals surface area contributed by atoms with Crippen molar-refractivity contribution < 1.29 is 10.0 Å². The molecule has 0 heterocycles. The molecule has 1 fully saturated rings. The Hall–Kier alpha value is -1.26. The molecule has 1 aliphatic rings. The highest BCUT2D eigenvalue weighted by Gasteiger charge is 2.54. The molecule has 0 aromatic carbocycles. The lowest BCUT2D eigenvalue weighted by atomic mass is 10.0. The van der Waals surface area contributed by atoms with E-state index in [0.717, 1.165) is 0 Å². The molecule has 80 valence electrons. The van der Waals surface area contributed by atoms with Crippen LogP contribution in [0.3, 0.4) is 0 Å². The molecular formula is C9H17N3O2. The minimum atomic E-state index is -0.748. The highest BCUT2D eigenvalue weighted by Crippen LogP contribution is 2.46. The standard InChI is InChI=1S/C9H17N3O2/c1-8(2,3)11-7(13)9(4-5-9)6(10)12-14/h14H,4-5H2,1-3H3,(H2,10,12)(H,11,13). The molecule has 0 atom stereocenters. The minimum Gasteiger partial charge on any atom is -0.409 e. The second-order valence-corrected chi connectivity index (χ2v) is 4.77. The monoisotopic (exact) mass is 199 g/mol. The smallest absolute Gasteiger partial charge is 0.234 e. The molecule has 14 heavy (non-hydrogen) atoms. The molecule has 0 aliphatic heterocycles. The van der Waals surface area contributed by atoms with Crippen LogP contribution in [-0.2, 0) is 4.79 Å². The number of amidine groups is 1. The van der Waals surface area contributed by atoms with Gasteiger partial charge in [0.2, 0.25) is 5.91 Å². The van der Waals surface area contributed by atoms with E-state index in [-0.39, 0.29) is 17.3 Å². The van der Waals surface area contributed by atoms with Crippen molar-refractivity contribution in [1.82, 2.24) is 5.32 Å². The predicted molar refractivity (Wildman–Crippen MR) is 53.0 cm³/mol. The SMILES string of the molecule is CC(C)(C)NC(=O)C1(C(N)=NO)CC1. The van der Waals surface area contributed by atoms with Crippen molar-refractivity contribution in [2.75, 3.05) is 0 Å². The van der Waals surface area contributed by atoms with E-state index in [9.17, 15) is 4.79 Å². The van der Waals surface area contributed by atoms with Crippen LogP contribution in [0, 0.1) is 5.41 Å². The number of nitrogens with zero attached hydrogens (tertiary/aromatic N) is 1. The van der Waals surface area contributed by atoms with Gasteiger partial charge in [0.25, 0.3) is 0 Å². The van der Waals surface area contributed by atoms with Crippen molar-refractivity contribution in [3.8, 4) is 0 Å².